The van der Waals surface area contributed by atoms with E-state index in [4.69, 9.17) is 0 Å². The van der Waals surface area contributed by atoms with Crippen LogP contribution in [0.5, 0.6) is 0 Å². The molecule has 2 atom stereocenters. The molecule has 1 saturated heterocycles. The third kappa shape index (κ3) is 2.09. The highest BCUT2D eigenvalue weighted by molar-refractivity contribution is 5.47. The molecule has 3 nitrogen and oxygen atoms in total. The van der Waals surface area contributed by atoms with Crippen LogP contribution in [0.2, 0.25) is 0 Å². The van der Waals surface area contributed by atoms with Crippen LogP contribution in [0.4, 0.5) is 10.1 Å². The second-order valence-electron chi connectivity index (χ2n) is 5.91. The van der Waals surface area contributed by atoms with Gasteiger partial charge < -0.3 is 10.2 Å². The number of hydrogen-bond acceptors (Lipinski definition) is 3. The third-order valence-corrected chi connectivity index (χ3v) is 4.33. The zero-order valence-electron chi connectivity index (χ0n) is 11.0. The summed E-state index contributed by atoms with van der Waals surface area (Å²) in [5.74, 6) is 0.514. The number of rotatable bonds is 2. The van der Waals surface area contributed by atoms with Crippen LogP contribution in [0.15, 0.2) is 18.5 Å². The van der Waals surface area contributed by atoms with Gasteiger partial charge in [0.2, 0.25) is 0 Å². The number of anilines is 1. The third-order valence-electron chi connectivity index (χ3n) is 4.33. The minimum Gasteiger partial charge on any atom is -0.364 e. The van der Waals surface area contributed by atoms with Crippen LogP contribution in [0.25, 0.3) is 0 Å². The predicted molar refractivity (Wildman–Crippen MR) is 70.1 cm³/mol. The van der Waals surface area contributed by atoms with Crippen molar-refractivity contribution in [3.8, 4) is 0 Å². The van der Waals surface area contributed by atoms with Crippen LogP contribution in [0, 0.1) is 11.7 Å². The van der Waals surface area contributed by atoms with E-state index < -0.39 is 0 Å². The second-order valence-corrected chi connectivity index (χ2v) is 5.91. The fraction of sp³-hybridized carbons (Fsp3) is 0.643. The van der Waals surface area contributed by atoms with Gasteiger partial charge in [0.05, 0.1) is 18.1 Å². The second kappa shape index (κ2) is 4.19. The van der Waals surface area contributed by atoms with Gasteiger partial charge in [0.15, 0.2) is 0 Å². The monoisotopic (exact) mass is 249 g/mol. The molecule has 1 saturated carbocycles. The van der Waals surface area contributed by atoms with Crippen molar-refractivity contribution in [3.63, 3.8) is 0 Å². The van der Waals surface area contributed by atoms with Crippen molar-refractivity contribution in [2.75, 3.05) is 18.0 Å². The quantitative estimate of drug-likeness (QED) is 0.871. The van der Waals surface area contributed by atoms with Crippen LogP contribution in [0.3, 0.4) is 0 Å². The molecule has 0 spiro atoms. The molecular formula is C14H20FN3. The molecule has 2 heterocycles. The lowest BCUT2D eigenvalue weighted by Crippen LogP contribution is -2.63. The first-order valence-corrected chi connectivity index (χ1v) is 6.71. The summed E-state index contributed by atoms with van der Waals surface area (Å²) < 4.78 is 13.3. The van der Waals surface area contributed by atoms with E-state index >= 15 is 0 Å². The number of aromatic nitrogens is 1. The molecule has 2 fully saturated rings. The first-order chi connectivity index (χ1) is 8.58. The van der Waals surface area contributed by atoms with Gasteiger partial charge in [-0.25, -0.2) is 4.39 Å². The summed E-state index contributed by atoms with van der Waals surface area (Å²) in [5.41, 5.74) is 1.06. The van der Waals surface area contributed by atoms with Gasteiger partial charge in [-0.15, -0.1) is 0 Å². The Bertz CT molecular complexity index is 446. The Kier molecular flexibility index (Phi) is 2.77. The van der Waals surface area contributed by atoms with E-state index in [2.05, 4.69) is 29.0 Å². The fourth-order valence-corrected chi connectivity index (χ4v) is 2.95. The van der Waals surface area contributed by atoms with E-state index in [-0.39, 0.29) is 11.4 Å². The van der Waals surface area contributed by atoms with Crippen LogP contribution in [-0.4, -0.2) is 29.7 Å². The molecule has 0 bridgehead atoms. The number of halogens is 1. The fourth-order valence-electron chi connectivity index (χ4n) is 2.95. The summed E-state index contributed by atoms with van der Waals surface area (Å²) in [6, 6.07) is 1.96. The summed E-state index contributed by atoms with van der Waals surface area (Å²) in [6.45, 7) is 6.34. The minimum atomic E-state index is -0.258. The normalized spacial score (nSPS) is 32.6. The van der Waals surface area contributed by atoms with Crippen molar-refractivity contribution in [2.24, 2.45) is 5.92 Å². The highest BCUT2D eigenvalue weighted by Crippen LogP contribution is 2.42. The first-order valence-electron chi connectivity index (χ1n) is 6.71. The Hall–Kier alpha value is -1.16. The molecule has 18 heavy (non-hydrogen) atoms. The average Bonchev–Trinajstić information content (AvgIpc) is 3.17. The maximum Gasteiger partial charge on any atom is 0.143 e. The van der Waals surface area contributed by atoms with Gasteiger partial charge in [-0.05, 0) is 32.6 Å². The Morgan fingerprint density at radius 3 is 2.89 bits per heavy atom. The van der Waals surface area contributed by atoms with E-state index in [9.17, 15) is 4.39 Å². The van der Waals surface area contributed by atoms with Crippen molar-refractivity contribution in [3.05, 3.63) is 24.3 Å². The minimum absolute atomic E-state index is 0.166. The molecule has 2 unspecified atom stereocenters. The van der Waals surface area contributed by atoms with Crippen LogP contribution in [-0.2, 0) is 0 Å². The Morgan fingerprint density at radius 1 is 1.44 bits per heavy atom. The standard InChI is InChI=1S/C14H20FN3/c1-10-6-17-14(2,11-3-4-11)9-18(10)13-5-12(15)7-16-8-13/h5,7-8,10-11,17H,3-4,6,9H2,1-2H3. The van der Waals surface area contributed by atoms with E-state index in [1.807, 2.05) is 0 Å². The number of nitrogens with zero attached hydrogens (tertiary/aromatic N) is 2. The average molecular weight is 249 g/mol. The largest absolute Gasteiger partial charge is 0.364 e. The van der Waals surface area contributed by atoms with Gasteiger partial charge in [0.25, 0.3) is 0 Å². The van der Waals surface area contributed by atoms with E-state index in [0.717, 1.165) is 24.7 Å². The molecule has 0 radical (unpaired) electrons. The lowest BCUT2D eigenvalue weighted by Gasteiger charge is -2.46. The van der Waals surface area contributed by atoms with Crippen LogP contribution >= 0.6 is 0 Å². The zero-order chi connectivity index (χ0) is 12.8. The van der Waals surface area contributed by atoms with Crippen molar-refractivity contribution in [1.29, 1.82) is 0 Å². The molecular weight excluding hydrogens is 229 g/mol. The predicted octanol–water partition coefficient (Wildman–Crippen LogP) is 2.19. The first kappa shape index (κ1) is 11.9. The van der Waals surface area contributed by atoms with Crippen molar-refractivity contribution < 1.29 is 4.39 Å². The molecule has 1 aliphatic heterocycles. The van der Waals surface area contributed by atoms with Gasteiger partial charge in [-0.1, -0.05) is 0 Å². The molecule has 1 aliphatic carbocycles. The smallest absolute Gasteiger partial charge is 0.143 e. The highest BCUT2D eigenvalue weighted by Gasteiger charge is 2.45. The van der Waals surface area contributed by atoms with Gasteiger partial charge >= 0.3 is 0 Å². The molecule has 1 N–H and O–H groups in total. The number of nitrogens with one attached hydrogen (secondary N) is 1. The SMILES string of the molecule is CC1CNC(C)(C2CC2)CN1c1cncc(F)c1. The lowest BCUT2D eigenvalue weighted by molar-refractivity contribution is 0.260. The number of hydrogen-bond donors (Lipinski definition) is 1. The molecule has 0 aromatic carbocycles. The van der Waals surface area contributed by atoms with Crippen molar-refractivity contribution >= 4 is 5.69 Å². The van der Waals surface area contributed by atoms with Crippen LogP contribution < -0.4 is 10.2 Å². The summed E-state index contributed by atoms with van der Waals surface area (Å²) in [6.07, 6.45) is 5.65. The van der Waals surface area contributed by atoms with Crippen LogP contribution in [0.1, 0.15) is 26.7 Å². The molecule has 1 aromatic heterocycles. The molecule has 98 valence electrons. The highest BCUT2D eigenvalue weighted by atomic mass is 19.1. The Labute approximate surface area is 107 Å². The molecule has 4 heteroatoms. The summed E-state index contributed by atoms with van der Waals surface area (Å²) in [4.78, 5) is 6.25. The lowest BCUT2D eigenvalue weighted by atomic mass is 9.91. The Balaban J connectivity index is 1.85. The maximum absolute atomic E-state index is 13.3. The molecule has 3 rings (SSSR count). The Morgan fingerprint density at radius 2 is 2.22 bits per heavy atom. The summed E-state index contributed by atoms with van der Waals surface area (Å²) in [5, 5.41) is 3.67. The zero-order valence-corrected chi connectivity index (χ0v) is 11.0. The van der Waals surface area contributed by atoms with Gasteiger partial charge in [-0.2, -0.15) is 0 Å². The van der Waals surface area contributed by atoms with Gasteiger partial charge in [-0.3, -0.25) is 4.98 Å². The summed E-state index contributed by atoms with van der Waals surface area (Å²) >= 11 is 0. The van der Waals surface area contributed by atoms with Gasteiger partial charge in [0.1, 0.15) is 5.82 Å². The van der Waals surface area contributed by atoms with Crippen molar-refractivity contribution in [2.45, 2.75) is 38.3 Å². The van der Waals surface area contributed by atoms with E-state index in [1.54, 1.807) is 12.3 Å². The van der Waals surface area contributed by atoms with E-state index in [1.165, 1.54) is 19.0 Å². The molecule has 2 aliphatic rings. The maximum atomic E-state index is 13.3. The molecule has 0 amide bonds. The summed E-state index contributed by atoms with van der Waals surface area (Å²) in [7, 11) is 0. The number of pyridine rings is 1. The van der Waals surface area contributed by atoms with E-state index in [0.29, 0.717) is 6.04 Å². The number of piperazine rings is 1. The molecule has 1 aromatic rings. The van der Waals surface area contributed by atoms with Crippen molar-refractivity contribution in [1.82, 2.24) is 10.3 Å². The van der Waals surface area contributed by atoms with Gasteiger partial charge in [0, 0.05) is 30.7 Å². The topological polar surface area (TPSA) is 28.2 Å².